The van der Waals surface area contributed by atoms with E-state index < -0.39 is 41.5 Å². The molecule has 5 rings (SSSR count). The quantitative estimate of drug-likeness (QED) is 0.369. The van der Waals surface area contributed by atoms with Gasteiger partial charge in [0.05, 0.1) is 29.6 Å². The fraction of sp³-hybridized carbons (Fsp3) is 0.160. The maximum Gasteiger partial charge on any atom is 0.417 e. The molecule has 0 aliphatic heterocycles. The topological polar surface area (TPSA) is 95.7 Å². The number of carbonyl (C=O) groups is 2. The number of alkyl halides is 3. The van der Waals surface area contributed by atoms with Gasteiger partial charge in [0, 0.05) is 18.2 Å². The number of aliphatic hydroxyl groups is 1. The molecule has 0 spiro atoms. The van der Waals surface area contributed by atoms with E-state index in [-0.39, 0.29) is 22.6 Å². The summed E-state index contributed by atoms with van der Waals surface area (Å²) >= 11 is 0. The molecule has 4 aromatic rings. The van der Waals surface area contributed by atoms with Crippen LogP contribution in [0.25, 0.3) is 5.65 Å². The van der Waals surface area contributed by atoms with Crippen LogP contribution >= 0.6 is 0 Å². The number of halogens is 4. The normalized spacial score (nSPS) is 17.1. The first-order valence-corrected chi connectivity index (χ1v) is 10.8. The van der Waals surface area contributed by atoms with E-state index in [1.807, 2.05) is 12.1 Å². The van der Waals surface area contributed by atoms with Crippen LogP contribution < -0.4 is 10.6 Å². The number of nitrogens with one attached hydrogen (secondary N) is 2. The molecular weight excluding hydrogens is 480 g/mol. The Morgan fingerprint density at radius 2 is 1.83 bits per heavy atom. The Kier molecular flexibility index (Phi) is 5.71. The van der Waals surface area contributed by atoms with Gasteiger partial charge in [0.25, 0.3) is 11.8 Å². The van der Waals surface area contributed by atoms with E-state index in [4.69, 9.17) is 0 Å². The maximum absolute atomic E-state index is 14.5. The molecule has 2 aromatic heterocycles. The third kappa shape index (κ3) is 4.29. The van der Waals surface area contributed by atoms with Gasteiger partial charge in [0.2, 0.25) is 0 Å². The number of aliphatic hydroxyl groups excluding tert-OH is 1. The highest BCUT2D eigenvalue weighted by Crippen LogP contribution is 2.32. The monoisotopic (exact) mass is 498 g/mol. The van der Waals surface area contributed by atoms with E-state index in [1.165, 1.54) is 6.07 Å². The Morgan fingerprint density at radius 3 is 2.61 bits per heavy atom. The summed E-state index contributed by atoms with van der Waals surface area (Å²) in [5.74, 6) is -2.37. The van der Waals surface area contributed by atoms with Gasteiger partial charge in [-0.05, 0) is 41.5 Å². The summed E-state index contributed by atoms with van der Waals surface area (Å²) in [7, 11) is 0. The molecule has 184 valence electrons. The first-order chi connectivity index (χ1) is 17.1. The van der Waals surface area contributed by atoms with Crippen molar-refractivity contribution in [3.05, 3.63) is 101 Å². The van der Waals surface area contributed by atoms with Crippen LogP contribution in [0.1, 0.15) is 43.6 Å². The number of hydrogen-bond acceptors (Lipinski definition) is 4. The Labute approximate surface area is 201 Å². The summed E-state index contributed by atoms with van der Waals surface area (Å²) in [5, 5.41) is 15.4. The molecule has 3 N–H and O–H groups in total. The van der Waals surface area contributed by atoms with Crippen molar-refractivity contribution in [2.45, 2.75) is 24.7 Å². The lowest BCUT2D eigenvalue weighted by Gasteiger charge is -2.18. The summed E-state index contributed by atoms with van der Waals surface area (Å²) in [5.41, 5.74) is 0.211. The van der Waals surface area contributed by atoms with Crippen LogP contribution in [0, 0.1) is 5.82 Å². The molecule has 2 atom stereocenters. The van der Waals surface area contributed by atoms with Crippen LogP contribution in [0.2, 0.25) is 0 Å². The maximum atomic E-state index is 14.5. The van der Waals surface area contributed by atoms with E-state index in [2.05, 4.69) is 15.6 Å². The molecule has 0 unspecified atom stereocenters. The van der Waals surface area contributed by atoms with Crippen molar-refractivity contribution in [1.82, 2.24) is 14.7 Å². The van der Waals surface area contributed by atoms with Crippen molar-refractivity contribution < 1.29 is 32.3 Å². The van der Waals surface area contributed by atoms with Crippen molar-refractivity contribution in [2.75, 3.05) is 5.32 Å². The zero-order chi connectivity index (χ0) is 25.6. The molecular formula is C25H18F4N4O3. The lowest BCUT2D eigenvalue weighted by Crippen LogP contribution is -2.34. The highest BCUT2D eigenvalue weighted by atomic mass is 19.4. The molecule has 1 aliphatic rings. The number of aromatic nitrogens is 2. The van der Waals surface area contributed by atoms with E-state index in [1.54, 1.807) is 12.1 Å². The summed E-state index contributed by atoms with van der Waals surface area (Å²) < 4.78 is 54.7. The minimum absolute atomic E-state index is 0.0146. The van der Waals surface area contributed by atoms with Crippen LogP contribution in [-0.2, 0) is 12.6 Å². The van der Waals surface area contributed by atoms with Crippen molar-refractivity contribution in [3.63, 3.8) is 0 Å². The minimum atomic E-state index is -4.63. The van der Waals surface area contributed by atoms with E-state index in [9.17, 15) is 32.3 Å². The first kappa shape index (κ1) is 23.5. The van der Waals surface area contributed by atoms with Crippen molar-refractivity contribution in [2.24, 2.45) is 0 Å². The highest BCUT2D eigenvalue weighted by Gasteiger charge is 2.33. The summed E-state index contributed by atoms with van der Waals surface area (Å²) in [6.07, 6.45) is -3.29. The third-order valence-corrected chi connectivity index (χ3v) is 6.03. The third-order valence-electron chi connectivity index (χ3n) is 6.03. The van der Waals surface area contributed by atoms with E-state index >= 15 is 0 Å². The van der Waals surface area contributed by atoms with Gasteiger partial charge in [0.1, 0.15) is 17.2 Å². The van der Waals surface area contributed by atoms with Gasteiger partial charge >= 0.3 is 6.18 Å². The molecule has 0 bridgehead atoms. The second kappa shape index (κ2) is 8.76. The predicted octanol–water partition coefficient (Wildman–Crippen LogP) is 4.13. The summed E-state index contributed by atoms with van der Waals surface area (Å²) in [6.45, 7) is 0. The zero-order valence-electron chi connectivity index (χ0n) is 18.4. The fourth-order valence-corrected chi connectivity index (χ4v) is 4.24. The number of imidazole rings is 1. The molecule has 36 heavy (non-hydrogen) atoms. The van der Waals surface area contributed by atoms with Crippen LogP contribution in [0.15, 0.2) is 67.0 Å². The summed E-state index contributed by atoms with van der Waals surface area (Å²) in [4.78, 5) is 29.6. The van der Waals surface area contributed by atoms with Crippen LogP contribution in [0.3, 0.4) is 0 Å². The summed E-state index contributed by atoms with van der Waals surface area (Å²) in [6, 6.07) is 11.9. The van der Waals surface area contributed by atoms with Crippen molar-refractivity contribution >= 4 is 23.1 Å². The SMILES string of the molecule is O=C(N[C@H]1c2ccccc2C[C@H]1O)c1ccc(F)c(NC(=O)c2cnc3ccc(C(F)(F)F)cn23)c1. The number of hydrogen-bond donors (Lipinski definition) is 3. The first-order valence-electron chi connectivity index (χ1n) is 10.8. The molecule has 0 saturated carbocycles. The largest absolute Gasteiger partial charge is 0.417 e. The molecule has 2 heterocycles. The molecule has 0 radical (unpaired) electrons. The lowest BCUT2D eigenvalue weighted by atomic mass is 10.1. The number of pyridine rings is 1. The van der Waals surface area contributed by atoms with E-state index in [0.29, 0.717) is 6.42 Å². The predicted molar refractivity (Wildman–Crippen MR) is 121 cm³/mol. The second-order valence-electron chi connectivity index (χ2n) is 8.36. The zero-order valence-corrected chi connectivity index (χ0v) is 18.4. The van der Waals surface area contributed by atoms with Gasteiger partial charge in [-0.3, -0.25) is 14.0 Å². The second-order valence-corrected chi connectivity index (χ2v) is 8.36. The molecule has 0 fully saturated rings. The van der Waals surface area contributed by atoms with Crippen LogP contribution in [-0.4, -0.2) is 32.4 Å². The molecule has 2 aromatic carbocycles. The number of amides is 2. The average Bonchev–Trinajstić information content (AvgIpc) is 3.40. The van der Waals surface area contributed by atoms with Gasteiger partial charge in [-0.15, -0.1) is 0 Å². The van der Waals surface area contributed by atoms with Crippen molar-refractivity contribution in [1.29, 1.82) is 0 Å². The molecule has 2 amide bonds. The number of carbonyl (C=O) groups excluding carboxylic acids is 2. The Hall–Kier alpha value is -4.25. The number of benzene rings is 2. The van der Waals surface area contributed by atoms with Gasteiger partial charge in [-0.25, -0.2) is 9.37 Å². The molecule has 1 aliphatic carbocycles. The molecule has 0 saturated heterocycles. The van der Waals surface area contributed by atoms with Gasteiger partial charge in [0.15, 0.2) is 0 Å². The molecule has 11 heteroatoms. The number of fused-ring (bicyclic) bond motifs is 2. The highest BCUT2D eigenvalue weighted by molar-refractivity contribution is 6.04. The number of anilines is 1. The minimum Gasteiger partial charge on any atom is -0.390 e. The fourth-order valence-electron chi connectivity index (χ4n) is 4.24. The number of rotatable bonds is 4. The van der Waals surface area contributed by atoms with Crippen molar-refractivity contribution in [3.8, 4) is 0 Å². The smallest absolute Gasteiger partial charge is 0.390 e. The standard InChI is InChI=1S/C25H18F4N4O3/c26-17-7-5-14(23(35)32-22-16-4-2-1-3-13(16)10-20(22)34)9-18(17)31-24(36)19-11-30-21-8-6-15(12-33(19)21)25(27,28)29/h1-9,11-12,20,22,34H,10H2,(H,31,36)(H,32,35)/t20-,22+/m1/s1. The van der Waals surface area contributed by atoms with Crippen LogP contribution in [0.5, 0.6) is 0 Å². The van der Waals surface area contributed by atoms with Gasteiger partial charge in [-0.2, -0.15) is 13.2 Å². The van der Waals surface area contributed by atoms with Crippen LogP contribution in [0.4, 0.5) is 23.2 Å². The lowest BCUT2D eigenvalue weighted by molar-refractivity contribution is -0.137. The van der Waals surface area contributed by atoms with Gasteiger partial charge < -0.3 is 15.7 Å². The Bertz CT molecular complexity index is 1500. The Balaban J connectivity index is 1.38. The molecule has 7 nitrogen and oxygen atoms in total. The van der Waals surface area contributed by atoms with Gasteiger partial charge in [-0.1, -0.05) is 24.3 Å². The van der Waals surface area contributed by atoms with E-state index in [0.717, 1.165) is 52.2 Å². The average molecular weight is 498 g/mol. The Morgan fingerprint density at radius 1 is 1.06 bits per heavy atom. The number of nitrogens with zero attached hydrogens (tertiary/aromatic N) is 2.